The number of ether oxygens (including phenoxy) is 1. The molecule has 2 aromatic rings. The van der Waals surface area contributed by atoms with E-state index in [-0.39, 0.29) is 5.97 Å². The number of methoxy groups -OCH3 is 1. The molecule has 0 saturated carbocycles. The Labute approximate surface area is 113 Å². The Morgan fingerprint density at radius 2 is 1.63 bits per heavy atom. The molecule has 0 bridgehead atoms. The zero-order valence-electron chi connectivity index (χ0n) is 11.4. The maximum atomic E-state index is 11.0. The van der Waals surface area contributed by atoms with Crippen molar-refractivity contribution in [2.75, 3.05) is 7.11 Å². The van der Waals surface area contributed by atoms with E-state index in [2.05, 4.69) is 35.3 Å². The summed E-state index contributed by atoms with van der Waals surface area (Å²) in [5.74, 6) is -0.346. The van der Waals surface area contributed by atoms with Crippen molar-refractivity contribution in [1.82, 2.24) is 4.57 Å². The van der Waals surface area contributed by atoms with E-state index in [4.69, 9.17) is 0 Å². The maximum absolute atomic E-state index is 11.0. The van der Waals surface area contributed by atoms with E-state index in [9.17, 15) is 4.79 Å². The molecule has 0 amide bonds. The Kier molecular flexibility index (Phi) is 3.85. The van der Waals surface area contributed by atoms with E-state index >= 15 is 0 Å². The van der Waals surface area contributed by atoms with Gasteiger partial charge in [-0.2, -0.15) is 0 Å². The average Bonchev–Trinajstić information content (AvgIpc) is 2.76. The highest BCUT2D eigenvalue weighted by atomic mass is 16.5. The molecule has 1 heterocycles. The van der Waals surface area contributed by atoms with Crippen LogP contribution >= 0.6 is 0 Å². The highest BCUT2D eigenvalue weighted by Crippen LogP contribution is 2.17. The van der Waals surface area contributed by atoms with Crippen molar-refractivity contribution in [3.63, 3.8) is 0 Å². The number of carbonyl (C=O) groups excluding carboxylic acids is 1. The van der Waals surface area contributed by atoms with Crippen LogP contribution in [-0.4, -0.2) is 17.6 Å². The van der Waals surface area contributed by atoms with Gasteiger partial charge in [-0.15, -0.1) is 0 Å². The van der Waals surface area contributed by atoms with Crippen LogP contribution in [0.2, 0.25) is 0 Å². The fraction of sp³-hybridized carbons (Fsp3) is 0.188. The number of rotatable bonds is 3. The second kappa shape index (κ2) is 5.57. The Hall–Kier alpha value is -2.29. The van der Waals surface area contributed by atoms with Crippen LogP contribution in [0, 0.1) is 13.8 Å². The highest BCUT2D eigenvalue weighted by molar-refractivity contribution is 5.86. The second-order valence-corrected chi connectivity index (χ2v) is 4.40. The molecule has 0 aliphatic rings. The molecule has 0 fully saturated rings. The molecule has 3 heteroatoms. The van der Waals surface area contributed by atoms with Gasteiger partial charge in [0.15, 0.2) is 0 Å². The van der Waals surface area contributed by atoms with Gasteiger partial charge in [-0.25, -0.2) is 4.79 Å². The van der Waals surface area contributed by atoms with Gasteiger partial charge in [-0.1, -0.05) is 12.1 Å². The van der Waals surface area contributed by atoms with Gasteiger partial charge in [0.1, 0.15) is 0 Å². The monoisotopic (exact) mass is 255 g/mol. The van der Waals surface area contributed by atoms with Crippen LogP contribution in [0.3, 0.4) is 0 Å². The number of hydrogen-bond donors (Lipinski definition) is 0. The van der Waals surface area contributed by atoms with E-state index < -0.39 is 0 Å². The third-order valence-corrected chi connectivity index (χ3v) is 3.04. The van der Waals surface area contributed by atoms with Gasteiger partial charge in [-0.05, 0) is 49.8 Å². The number of carbonyl (C=O) groups is 1. The number of nitrogens with zero attached hydrogens (tertiary/aromatic N) is 1. The Balaban J connectivity index is 2.24. The molecule has 0 unspecified atom stereocenters. The van der Waals surface area contributed by atoms with Crippen molar-refractivity contribution in [1.29, 1.82) is 0 Å². The molecule has 1 aromatic carbocycles. The third kappa shape index (κ3) is 2.94. The minimum absolute atomic E-state index is 0.346. The molecule has 3 nitrogen and oxygen atoms in total. The summed E-state index contributed by atoms with van der Waals surface area (Å²) in [5.41, 5.74) is 4.50. The van der Waals surface area contributed by atoms with Crippen LogP contribution in [0.15, 0.2) is 42.5 Å². The highest BCUT2D eigenvalue weighted by Gasteiger charge is 2.03. The lowest BCUT2D eigenvalue weighted by Crippen LogP contribution is -1.98. The maximum Gasteiger partial charge on any atom is 0.330 e. The van der Waals surface area contributed by atoms with Gasteiger partial charge < -0.3 is 9.30 Å². The molecule has 1 aromatic heterocycles. The molecule has 0 N–H and O–H groups in total. The molecule has 0 radical (unpaired) electrons. The Morgan fingerprint density at radius 3 is 2.16 bits per heavy atom. The molecule has 19 heavy (non-hydrogen) atoms. The van der Waals surface area contributed by atoms with E-state index in [1.807, 2.05) is 24.3 Å². The van der Waals surface area contributed by atoms with Crippen LogP contribution in [-0.2, 0) is 9.53 Å². The zero-order chi connectivity index (χ0) is 13.8. The first-order valence-electron chi connectivity index (χ1n) is 6.13. The van der Waals surface area contributed by atoms with Crippen molar-refractivity contribution < 1.29 is 9.53 Å². The van der Waals surface area contributed by atoms with Crippen molar-refractivity contribution in [3.8, 4) is 5.69 Å². The number of aryl methyl sites for hydroxylation is 2. The number of benzene rings is 1. The molecule has 0 atom stereocenters. The molecule has 0 saturated heterocycles. The SMILES string of the molecule is COC(=O)/C=C/c1ccc(-n2c(C)ccc2C)cc1. The summed E-state index contributed by atoms with van der Waals surface area (Å²) in [6.45, 7) is 4.16. The second-order valence-electron chi connectivity index (χ2n) is 4.40. The van der Waals surface area contributed by atoms with Crippen LogP contribution < -0.4 is 0 Å². The average molecular weight is 255 g/mol. The zero-order valence-corrected chi connectivity index (χ0v) is 11.4. The van der Waals surface area contributed by atoms with Gasteiger partial charge in [0.05, 0.1) is 7.11 Å². The van der Waals surface area contributed by atoms with Gasteiger partial charge >= 0.3 is 5.97 Å². The number of esters is 1. The molecule has 0 spiro atoms. The largest absolute Gasteiger partial charge is 0.466 e. The first kappa shape index (κ1) is 13.1. The molecule has 2 rings (SSSR count). The standard InChI is InChI=1S/C16H17NO2/c1-12-4-5-13(2)17(12)15-9-6-14(7-10-15)8-11-16(18)19-3/h4-11H,1-3H3/b11-8+. The van der Waals surface area contributed by atoms with E-state index in [0.717, 1.165) is 11.3 Å². The van der Waals surface area contributed by atoms with E-state index in [1.54, 1.807) is 6.08 Å². The van der Waals surface area contributed by atoms with Gasteiger partial charge in [0, 0.05) is 23.2 Å². The molecule has 0 aliphatic heterocycles. The smallest absolute Gasteiger partial charge is 0.330 e. The Bertz CT molecular complexity index is 587. The van der Waals surface area contributed by atoms with Crippen molar-refractivity contribution in [2.45, 2.75) is 13.8 Å². The lowest BCUT2D eigenvalue weighted by molar-refractivity contribution is -0.134. The fourth-order valence-electron chi connectivity index (χ4n) is 2.04. The summed E-state index contributed by atoms with van der Waals surface area (Å²) in [5, 5.41) is 0. The van der Waals surface area contributed by atoms with Crippen LogP contribution in [0.1, 0.15) is 17.0 Å². The van der Waals surface area contributed by atoms with Gasteiger partial charge in [-0.3, -0.25) is 0 Å². The van der Waals surface area contributed by atoms with Crippen molar-refractivity contribution in [3.05, 3.63) is 59.4 Å². The molecular weight excluding hydrogens is 238 g/mol. The van der Waals surface area contributed by atoms with Crippen LogP contribution in [0.5, 0.6) is 0 Å². The minimum atomic E-state index is -0.346. The van der Waals surface area contributed by atoms with Gasteiger partial charge in [0.25, 0.3) is 0 Å². The molecule has 98 valence electrons. The first-order chi connectivity index (χ1) is 9.11. The van der Waals surface area contributed by atoms with Gasteiger partial charge in [0.2, 0.25) is 0 Å². The lowest BCUT2D eigenvalue weighted by atomic mass is 10.2. The quantitative estimate of drug-likeness (QED) is 0.622. The summed E-state index contributed by atoms with van der Waals surface area (Å²) in [6, 6.07) is 12.2. The van der Waals surface area contributed by atoms with Crippen molar-refractivity contribution >= 4 is 12.0 Å². The molecular formula is C16H17NO2. The first-order valence-corrected chi connectivity index (χ1v) is 6.13. The summed E-state index contributed by atoms with van der Waals surface area (Å²) in [4.78, 5) is 11.0. The van der Waals surface area contributed by atoms with Crippen LogP contribution in [0.25, 0.3) is 11.8 Å². The predicted octanol–water partition coefficient (Wildman–Crippen LogP) is 3.28. The predicted molar refractivity (Wildman–Crippen MR) is 76.3 cm³/mol. The van der Waals surface area contributed by atoms with Crippen LogP contribution in [0.4, 0.5) is 0 Å². The molecule has 0 aliphatic carbocycles. The summed E-state index contributed by atoms with van der Waals surface area (Å²) < 4.78 is 6.74. The normalized spacial score (nSPS) is 10.9. The summed E-state index contributed by atoms with van der Waals surface area (Å²) in [7, 11) is 1.37. The number of hydrogen-bond acceptors (Lipinski definition) is 2. The Morgan fingerprint density at radius 1 is 1.05 bits per heavy atom. The van der Waals surface area contributed by atoms with Crippen molar-refractivity contribution in [2.24, 2.45) is 0 Å². The van der Waals surface area contributed by atoms with E-state index in [0.29, 0.717) is 0 Å². The summed E-state index contributed by atoms with van der Waals surface area (Å²) >= 11 is 0. The third-order valence-electron chi connectivity index (χ3n) is 3.04. The lowest BCUT2D eigenvalue weighted by Gasteiger charge is -2.09. The van der Waals surface area contributed by atoms with E-state index in [1.165, 1.54) is 24.6 Å². The topological polar surface area (TPSA) is 31.2 Å². The minimum Gasteiger partial charge on any atom is -0.466 e. The summed E-state index contributed by atoms with van der Waals surface area (Å²) in [6.07, 6.45) is 3.16. The fourth-order valence-corrected chi connectivity index (χ4v) is 2.04. The number of aromatic nitrogens is 1.